The number of nitrogens with zero attached hydrogens (tertiary/aromatic N) is 2. The van der Waals surface area contributed by atoms with Gasteiger partial charge in [0.1, 0.15) is 21.3 Å². The molecule has 2 aromatic rings. The molecule has 0 bridgehead atoms. The molecule has 0 aliphatic carbocycles. The van der Waals surface area contributed by atoms with Crippen LogP contribution in [0.5, 0.6) is 5.75 Å². The molecule has 0 spiro atoms. The van der Waals surface area contributed by atoms with E-state index in [1.807, 2.05) is 0 Å². The van der Waals surface area contributed by atoms with E-state index < -0.39 is 15.9 Å². The number of nitrogens with one attached hydrogen (secondary N) is 1. The van der Waals surface area contributed by atoms with Gasteiger partial charge < -0.3 is 15.8 Å². The summed E-state index contributed by atoms with van der Waals surface area (Å²) in [7, 11) is -0.865. The number of nitrogens with two attached hydrogens (primary N) is 1. The summed E-state index contributed by atoms with van der Waals surface area (Å²) in [5.41, 5.74) is 6.05. The van der Waals surface area contributed by atoms with Crippen LogP contribution in [0.25, 0.3) is 0 Å². The average molecular weight is 384 g/mol. The van der Waals surface area contributed by atoms with Gasteiger partial charge in [0, 0.05) is 31.7 Å². The zero-order chi connectivity index (χ0) is 18.6. The minimum Gasteiger partial charge on any atom is -0.492 e. The summed E-state index contributed by atoms with van der Waals surface area (Å²) in [5, 5.41) is 4.89. The first kappa shape index (κ1) is 19.3. The highest BCUT2D eigenvalue weighted by atomic mass is 32.2. The summed E-state index contributed by atoms with van der Waals surface area (Å²) in [6.07, 6.45) is 0. The van der Waals surface area contributed by atoms with Crippen LogP contribution in [0.2, 0.25) is 0 Å². The van der Waals surface area contributed by atoms with Crippen molar-refractivity contribution >= 4 is 33.0 Å². The normalized spacial score (nSPS) is 11.6. The summed E-state index contributed by atoms with van der Waals surface area (Å²) in [6, 6.07) is 4.46. The second-order valence-corrected chi connectivity index (χ2v) is 8.23. The van der Waals surface area contributed by atoms with E-state index in [2.05, 4.69) is 10.3 Å². The molecule has 0 saturated heterocycles. The van der Waals surface area contributed by atoms with Crippen LogP contribution < -0.4 is 15.8 Å². The topological polar surface area (TPSA) is 115 Å². The fourth-order valence-corrected chi connectivity index (χ4v) is 3.67. The van der Waals surface area contributed by atoms with Crippen LogP contribution in [-0.2, 0) is 16.6 Å². The van der Waals surface area contributed by atoms with Gasteiger partial charge in [-0.05, 0) is 25.1 Å². The van der Waals surface area contributed by atoms with Crippen molar-refractivity contribution in [2.45, 2.75) is 18.4 Å². The van der Waals surface area contributed by atoms with Crippen molar-refractivity contribution in [1.29, 1.82) is 0 Å². The number of carbonyl (C=O) groups is 1. The van der Waals surface area contributed by atoms with Crippen molar-refractivity contribution in [1.82, 2.24) is 9.29 Å². The molecule has 8 nitrogen and oxygen atoms in total. The molecule has 10 heteroatoms. The molecule has 0 fully saturated rings. The number of rotatable bonds is 7. The molecule has 1 heterocycles. The van der Waals surface area contributed by atoms with E-state index in [9.17, 15) is 13.2 Å². The van der Waals surface area contributed by atoms with Gasteiger partial charge in [-0.25, -0.2) is 17.7 Å². The quantitative estimate of drug-likeness (QED) is 0.748. The van der Waals surface area contributed by atoms with Gasteiger partial charge in [0.25, 0.3) is 5.91 Å². The number of ether oxygens (including phenoxy) is 1. The lowest BCUT2D eigenvalue weighted by atomic mass is 10.3. The number of anilines is 1. The summed E-state index contributed by atoms with van der Waals surface area (Å²) in [5.74, 6) is -0.207. The number of aromatic nitrogens is 1. The Hall–Kier alpha value is -2.01. The molecule has 0 unspecified atom stereocenters. The first-order valence-electron chi connectivity index (χ1n) is 7.44. The van der Waals surface area contributed by atoms with Crippen LogP contribution in [0.3, 0.4) is 0 Å². The van der Waals surface area contributed by atoms with Crippen molar-refractivity contribution in [3.05, 3.63) is 34.3 Å². The van der Waals surface area contributed by atoms with E-state index >= 15 is 0 Å². The molecule has 1 aromatic heterocycles. The third-order valence-electron chi connectivity index (χ3n) is 3.22. The first-order valence-corrected chi connectivity index (χ1v) is 9.76. The lowest BCUT2D eigenvalue weighted by Gasteiger charge is -2.16. The maximum absolute atomic E-state index is 12.5. The molecule has 3 N–H and O–H groups in total. The third-order valence-corrected chi connectivity index (χ3v) is 5.93. The van der Waals surface area contributed by atoms with Crippen LogP contribution >= 0.6 is 11.3 Å². The molecule has 25 heavy (non-hydrogen) atoms. The molecule has 0 atom stereocenters. The highest BCUT2D eigenvalue weighted by molar-refractivity contribution is 7.89. The van der Waals surface area contributed by atoms with Crippen molar-refractivity contribution in [2.24, 2.45) is 5.73 Å². The van der Waals surface area contributed by atoms with Crippen molar-refractivity contribution in [3.8, 4) is 5.75 Å². The van der Waals surface area contributed by atoms with E-state index in [1.165, 1.54) is 37.6 Å². The van der Waals surface area contributed by atoms with Crippen LogP contribution in [0.15, 0.2) is 28.5 Å². The fraction of sp³-hybridized carbons (Fsp3) is 0.333. The van der Waals surface area contributed by atoms with E-state index in [-0.39, 0.29) is 22.9 Å². The zero-order valence-electron chi connectivity index (χ0n) is 14.1. The molecule has 0 aliphatic rings. The summed E-state index contributed by atoms with van der Waals surface area (Å²) in [6.45, 7) is 2.34. The van der Waals surface area contributed by atoms with Gasteiger partial charge in [-0.2, -0.15) is 0 Å². The molecule has 136 valence electrons. The Balaban J connectivity index is 2.34. The molecule has 0 aliphatic heterocycles. The average Bonchev–Trinajstić information content (AvgIpc) is 3.05. The predicted octanol–water partition coefficient (Wildman–Crippen LogP) is 1.50. The molecular formula is C15H20N4O4S2. The smallest absolute Gasteiger partial charge is 0.275 e. The second-order valence-electron chi connectivity index (χ2n) is 5.17. The summed E-state index contributed by atoms with van der Waals surface area (Å²) in [4.78, 5) is 16.3. The Kier molecular flexibility index (Phi) is 6.11. The van der Waals surface area contributed by atoms with E-state index in [4.69, 9.17) is 10.5 Å². The Bertz CT molecular complexity index is 862. The van der Waals surface area contributed by atoms with Gasteiger partial charge in [-0.15, -0.1) is 11.3 Å². The Morgan fingerprint density at radius 1 is 1.40 bits per heavy atom. The van der Waals surface area contributed by atoms with Gasteiger partial charge >= 0.3 is 0 Å². The SMILES string of the molecule is CCOc1ccc(NC(=O)c2csc(CN)n2)cc1S(=O)(=O)N(C)C. The Morgan fingerprint density at radius 2 is 2.12 bits per heavy atom. The molecule has 0 radical (unpaired) electrons. The van der Waals surface area contributed by atoms with Crippen LogP contribution in [0.4, 0.5) is 5.69 Å². The fourth-order valence-electron chi connectivity index (χ4n) is 1.96. The first-order chi connectivity index (χ1) is 11.8. The van der Waals surface area contributed by atoms with E-state index in [1.54, 1.807) is 18.4 Å². The summed E-state index contributed by atoms with van der Waals surface area (Å²) >= 11 is 1.29. The zero-order valence-corrected chi connectivity index (χ0v) is 15.8. The molecule has 0 saturated carbocycles. The number of hydrogen-bond donors (Lipinski definition) is 2. The van der Waals surface area contributed by atoms with Gasteiger partial charge in [-0.3, -0.25) is 4.79 Å². The number of sulfonamides is 1. The highest BCUT2D eigenvalue weighted by Gasteiger charge is 2.23. The predicted molar refractivity (Wildman–Crippen MR) is 96.4 cm³/mol. The monoisotopic (exact) mass is 384 g/mol. The number of amides is 1. The third kappa shape index (κ3) is 4.34. The minimum atomic E-state index is -3.73. The molecule has 1 amide bonds. The molecular weight excluding hydrogens is 364 g/mol. The minimum absolute atomic E-state index is 0.0157. The van der Waals surface area contributed by atoms with Gasteiger partial charge in [-0.1, -0.05) is 0 Å². The largest absolute Gasteiger partial charge is 0.492 e. The number of hydrogen-bond acceptors (Lipinski definition) is 7. The van der Waals surface area contributed by atoms with Crippen molar-refractivity contribution in [2.75, 3.05) is 26.0 Å². The van der Waals surface area contributed by atoms with E-state index in [0.717, 1.165) is 4.31 Å². The number of carbonyl (C=O) groups excluding carboxylic acids is 1. The lowest BCUT2D eigenvalue weighted by molar-refractivity contribution is 0.102. The number of thiazole rings is 1. The Labute approximate surface area is 150 Å². The van der Waals surface area contributed by atoms with Crippen molar-refractivity contribution in [3.63, 3.8) is 0 Å². The van der Waals surface area contributed by atoms with Crippen LogP contribution in [0, 0.1) is 0 Å². The Morgan fingerprint density at radius 3 is 2.68 bits per heavy atom. The summed E-state index contributed by atoms with van der Waals surface area (Å²) < 4.78 is 31.5. The standard InChI is InChI=1S/C15H20N4O4S2/c1-4-23-12-6-5-10(7-13(12)25(21,22)19(2)3)17-15(20)11-9-24-14(8-16)18-11/h5-7,9H,4,8,16H2,1-3H3,(H,17,20). The van der Waals surface area contributed by atoms with Crippen LogP contribution in [0.1, 0.15) is 22.4 Å². The maximum atomic E-state index is 12.5. The lowest BCUT2D eigenvalue weighted by Crippen LogP contribution is -2.23. The van der Waals surface area contributed by atoms with Gasteiger partial charge in [0.2, 0.25) is 10.0 Å². The van der Waals surface area contributed by atoms with Gasteiger partial charge in [0.05, 0.1) is 6.61 Å². The maximum Gasteiger partial charge on any atom is 0.275 e. The molecule has 2 rings (SSSR count). The van der Waals surface area contributed by atoms with Crippen molar-refractivity contribution < 1.29 is 17.9 Å². The van der Waals surface area contributed by atoms with E-state index in [0.29, 0.717) is 17.3 Å². The van der Waals surface area contributed by atoms with Crippen LogP contribution in [-0.4, -0.2) is 44.3 Å². The molecule has 1 aromatic carbocycles. The number of benzene rings is 1. The highest BCUT2D eigenvalue weighted by Crippen LogP contribution is 2.29. The van der Waals surface area contributed by atoms with Gasteiger partial charge in [0.15, 0.2) is 0 Å². The second kappa shape index (κ2) is 7.91.